The molecular formula is C16H24ClNO. The zero-order chi connectivity index (χ0) is 13.7. The third kappa shape index (κ3) is 4.20. The third-order valence-corrected chi connectivity index (χ3v) is 4.16. The lowest BCUT2D eigenvalue weighted by Crippen LogP contribution is -2.33. The quantitative estimate of drug-likeness (QED) is 0.864. The molecule has 2 N–H and O–H groups in total. The smallest absolute Gasteiger partial charge is 0.0979 e. The number of hydrogen-bond acceptors (Lipinski definition) is 2. The van der Waals surface area contributed by atoms with Crippen LogP contribution in [0.2, 0.25) is 5.02 Å². The van der Waals surface area contributed by atoms with E-state index in [-0.39, 0.29) is 12.1 Å². The van der Waals surface area contributed by atoms with Crippen LogP contribution in [0, 0.1) is 0 Å². The van der Waals surface area contributed by atoms with Gasteiger partial charge in [0.1, 0.15) is 0 Å². The van der Waals surface area contributed by atoms with Crippen LogP contribution in [0.25, 0.3) is 0 Å². The molecule has 1 aromatic carbocycles. The normalized spacial score (nSPS) is 20.2. The molecule has 0 amide bonds. The van der Waals surface area contributed by atoms with Crippen molar-refractivity contribution in [1.82, 2.24) is 0 Å². The first-order chi connectivity index (χ1) is 9.20. The standard InChI is InChI=1S/C16H24ClNO/c1-2-15(18)16(12-7-6-8-13(17)11-12)19-14-9-4-3-5-10-14/h6-8,11,14-16H,2-5,9-10,18H2,1H3. The Morgan fingerprint density at radius 1 is 1.32 bits per heavy atom. The van der Waals surface area contributed by atoms with Gasteiger partial charge in [0.05, 0.1) is 12.2 Å². The fourth-order valence-electron chi connectivity index (χ4n) is 2.73. The van der Waals surface area contributed by atoms with Gasteiger partial charge in [-0.15, -0.1) is 0 Å². The molecule has 106 valence electrons. The van der Waals surface area contributed by atoms with Gasteiger partial charge in [0, 0.05) is 11.1 Å². The van der Waals surface area contributed by atoms with Crippen molar-refractivity contribution in [2.45, 2.75) is 63.7 Å². The summed E-state index contributed by atoms with van der Waals surface area (Å²) in [6.07, 6.45) is 7.43. The van der Waals surface area contributed by atoms with Gasteiger partial charge in [-0.25, -0.2) is 0 Å². The fourth-order valence-corrected chi connectivity index (χ4v) is 2.93. The molecule has 2 rings (SSSR count). The summed E-state index contributed by atoms with van der Waals surface area (Å²) in [4.78, 5) is 0. The second kappa shape index (κ2) is 7.28. The van der Waals surface area contributed by atoms with Crippen LogP contribution in [-0.4, -0.2) is 12.1 Å². The highest BCUT2D eigenvalue weighted by Crippen LogP contribution is 2.30. The lowest BCUT2D eigenvalue weighted by atomic mass is 9.96. The highest BCUT2D eigenvalue weighted by molar-refractivity contribution is 6.30. The molecule has 0 spiro atoms. The van der Waals surface area contributed by atoms with E-state index >= 15 is 0 Å². The molecule has 3 heteroatoms. The average Bonchev–Trinajstić information content (AvgIpc) is 2.45. The van der Waals surface area contributed by atoms with E-state index in [2.05, 4.69) is 13.0 Å². The number of benzene rings is 1. The van der Waals surface area contributed by atoms with E-state index in [9.17, 15) is 0 Å². The second-order valence-corrected chi connectivity index (χ2v) is 5.88. The molecular weight excluding hydrogens is 258 g/mol. The molecule has 0 aromatic heterocycles. The van der Waals surface area contributed by atoms with E-state index in [4.69, 9.17) is 22.1 Å². The maximum absolute atomic E-state index is 6.30. The first kappa shape index (κ1) is 14.8. The summed E-state index contributed by atoms with van der Waals surface area (Å²) >= 11 is 6.08. The molecule has 1 fully saturated rings. The molecule has 2 nitrogen and oxygen atoms in total. The van der Waals surface area contributed by atoms with Crippen LogP contribution < -0.4 is 5.73 Å². The Bertz CT molecular complexity index is 390. The highest BCUT2D eigenvalue weighted by atomic mass is 35.5. The van der Waals surface area contributed by atoms with Crippen molar-refractivity contribution in [3.05, 3.63) is 34.9 Å². The first-order valence-electron chi connectivity index (χ1n) is 7.37. The van der Waals surface area contributed by atoms with Crippen molar-refractivity contribution < 1.29 is 4.74 Å². The van der Waals surface area contributed by atoms with E-state index in [0.717, 1.165) is 29.8 Å². The molecule has 0 radical (unpaired) electrons. The van der Waals surface area contributed by atoms with Crippen LogP contribution in [-0.2, 0) is 4.74 Å². The molecule has 2 atom stereocenters. The highest BCUT2D eigenvalue weighted by Gasteiger charge is 2.24. The minimum Gasteiger partial charge on any atom is -0.369 e. The minimum absolute atomic E-state index is 0.0281. The van der Waals surface area contributed by atoms with E-state index in [1.165, 1.54) is 19.3 Å². The number of nitrogens with two attached hydrogens (primary N) is 1. The van der Waals surface area contributed by atoms with Gasteiger partial charge in [-0.3, -0.25) is 0 Å². The lowest BCUT2D eigenvalue weighted by molar-refractivity contribution is -0.0437. The maximum Gasteiger partial charge on any atom is 0.0979 e. The predicted octanol–water partition coefficient (Wildman–Crippen LogP) is 4.47. The molecule has 0 saturated heterocycles. The summed E-state index contributed by atoms with van der Waals surface area (Å²) in [6, 6.07) is 7.93. The van der Waals surface area contributed by atoms with Crippen LogP contribution in [0.5, 0.6) is 0 Å². The lowest BCUT2D eigenvalue weighted by Gasteiger charge is -2.31. The molecule has 2 unspecified atom stereocenters. The molecule has 0 heterocycles. The molecule has 1 saturated carbocycles. The topological polar surface area (TPSA) is 35.2 Å². The van der Waals surface area contributed by atoms with Crippen molar-refractivity contribution in [1.29, 1.82) is 0 Å². The van der Waals surface area contributed by atoms with Gasteiger partial charge in [0.25, 0.3) is 0 Å². The minimum atomic E-state index is -0.0354. The monoisotopic (exact) mass is 281 g/mol. The summed E-state index contributed by atoms with van der Waals surface area (Å²) in [5, 5.41) is 0.748. The summed E-state index contributed by atoms with van der Waals surface area (Å²) in [5.41, 5.74) is 7.35. The Morgan fingerprint density at radius 3 is 2.68 bits per heavy atom. The number of halogens is 1. The fraction of sp³-hybridized carbons (Fsp3) is 0.625. The van der Waals surface area contributed by atoms with Crippen molar-refractivity contribution in [3.8, 4) is 0 Å². The number of hydrogen-bond donors (Lipinski definition) is 1. The van der Waals surface area contributed by atoms with E-state index in [1.807, 2.05) is 18.2 Å². The Labute approximate surface area is 121 Å². The molecule has 1 aliphatic rings. The average molecular weight is 282 g/mol. The van der Waals surface area contributed by atoms with Gasteiger partial charge in [-0.2, -0.15) is 0 Å². The van der Waals surface area contributed by atoms with Gasteiger partial charge in [-0.1, -0.05) is 49.9 Å². The van der Waals surface area contributed by atoms with Crippen LogP contribution in [0.1, 0.15) is 57.1 Å². The summed E-state index contributed by atoms with van der Waals surface area (Å²) < 4.78 is 6.30. The number of ether oxygens (including phenoxy) is 1. The van der Waals surface area contributed by atoms with Gasteiger partial charge in [0.2, 0.25) is 0 Å². The van der Waals surface area contributed by atoms with Gasteiger partial charge in [0.15, 0.2) is 0 Å². The Kier molecular flexibility index (Phi) is 5.68. The van der Waals surface area contributed by atoms with Gasteiger partial charge in [-0.05, 0) is 37.0 Å². The zero-order valence-electron chi connectivity index (χ0n) is 11.6. The van der Waals surface area contributed by atoms with Crippen molar-refractivity contribution in [3.63, 3.8) is 0 Å². The summed E-state index contributed by atoms with van der Waals surface area (Å²) in [7, 11) is 0. The van der Waals surface area contributed by atoms with E-state index < -0.39 is 0 Å². The zero-order valence-corrected chi connectivity index (χ0v) is 12.4. The van der Waals surface area contributed by atoms with Crippen LogP contribution in [0.3, 0.4) is 0 Å². The maximum atomic E-state index is 6.30. The Morgan fingerprint density at radius 2 is 2.05 bits per heavy atom. The summed E-state index contributed by atoms with van der Waals surface area (Å²) in [6.45, 7) is 2.10. The van der Waals surface area contributed by atoms with Crippen molar-refractivity contribution in [2.75, 3.05) is 0 Å². The van der Waals surface area contributed by atoms with Gasteiger partial charge < -0.3 is 10.5 Å². The molecule has 0 aliphatic heterocycles. The Hall–Kier alpha value is -0.570. The first-order valence-corrected chi connectivity index (χ1v) is 7.75. The van der Waals surface area contributed by atoms with E-state index in [0.29, 0.717) is 6.10 Å². The van der Waals surface area contributed by atoms with Crippen molar-refractivity contribution >= 4 is 11.6 Å². The third-order valence-electron chi connectivity index (χ3n) is 3.93. The van der Waals surface area contributed by atoms with Gasteiger partial charge >= 0.3 is 0 Å². The van der Waals surface area contributed by atoms with Crippen LogP contribution >= 0.6 is 11.6 Å². The predicted molar refractivity (Wildman–Crippen MR) is 80.4 cm³/mol. The van der Waals surface area contributed by atoms with Crippen LogP contribution in [0.15, 0.2) is 24.3 Å². The second-order valence-electron chi connectivity index (χ2n) is 5.44. The van der Waals surface area contributed by atoms with E-state index in [1.54, 1.807) is 0 Å². The molecule has 0 bridgehead atoms. The van der Waals surface area contributed by atoms with Crippen LogP contribution in [0.4, 0.5) is 0 Å². The van der Waals surface area contributed by atoms with Crippen molar-refractivity contribution in [2.24, 2.45) is 5.73 Å². The Balaban J connectivity index is 2.11. The number of rotatable bonds is 5. The molecule has 1 aliphatic carbocycles. The summed E-state index contributed by atoms with van der Waals surface area (Å²) in [5.74, 6) is 0. The molecule has 1 aromatic rings. The molecule has 19 heavy (non-hydrogen) atoms. The largest absolute Gasteiger partial charge is 0.369 e. The SMILES string of the molecule is CCC(N)C(OC1CCCCC1)c1cccc(Cl)c1.